The van der Waals surface area contributed by atoms with Crippen molar-refractivity contribution in [3.05, 3.63) is 22.7 Å². The average Bonchev–Trinajstić information content (AvgIpc) is 3.43. The predicted octanol–water partition coefficient (Wildman–Crippen LogP) is -0.0103. The Bertz CT molecular complexity index is 1400. The molecule has 0 aromatic carbocycles. The summed E-state index contributed by atoms with van der Waals surface area (Å²) >= 11 is 0. The van der Waals surface area contributed by atoms with Gasteiger partial charge in [0.25, 0.3) is 15.6 Å². The molecule has 4 unspecified atom stereocenters. The molecule has 2 rings (SSSR count). The van der Waals surface area contributed by atoms with Gasteiger partial charge in [0.05, 0.1) is 19.8 Å². The number of hydrogen-bond acceptors (Lipinski definition) is 16. The van der Waals surface area contributed by atoms with Crippen LogP contribution in [0.1, 0.15) is 161 Å². The number of esters is 1. The largest absolute Gasteiger partial charge is 1.00 e. The van der Waals surface area contributed by atoms with Crippen LogP contribution in [0.5, 0.6) is 0 Å². The number of rotatable bonds is 35. The second kappa shape index (κ2) is 34.6. The van der Waals surface area contributed by atoms with Crippen molar-refractivity contribution in [2.45, 2.75) is 186 Å². The summed E-state index contributed by atoms with van der Waals surface area (Å²) in [6.07, 6.45) is 17.3. The number of anilines is 1. The molecule has 4 N–H and O–H groups in total. The summed E-state index contributed by atoms with van der Waals surface area (Å²) in [7, 11) is -11.3. The summed E-state index contributed by atoms with van der Waals surface area (Å²) in [4.78, 5) is 53.4. The molecule has 2 heterocycles. The Kier molecular flexibility index (Phi) is 34.8. The van der Waals surface area contributed by atoms with Gasteiger partial charge in [-0.15, -0.1) is 0 Å². The molecule has 1 aliphatic rings. The van der Waals surface area contributed by atoms with Crippen molar-refractivity contribution in [3.8, 4) is 0 Å². The number of aromatic nitrogens is 2. The summed E-state index contributed by atoms with van der Waals surface area (Å²) < 4.78 is 56.1. The monoisotopic (exact) mass is 899 g/mol. The first kappa shape index (κ1) is 59.2. The van der Waals surface area contributed by atoms with Crippen molar-refractivity contribution in [2.75, 3.05) is 32.2 Å². The fourth-order valence-electron chi connectivity index (χ4n) is 6.43. The van der Waals surface area contributed by atoms with Gasteiger partial charge < -0.3 is 49.0 Å². The SMILES string of the molecule is CCCCCCCCCCCCCC(=O)OC(COCCCCCCCCCCCC)COP(=O)([O-])OP(=O)([O-])OC[C@H]1OC(n2ccc(N)nc2=O)[C@@H](O)[C@@H]1O.[Na+].[Na+]. The van der Waals surface area contributed by atoms with Crippen LogP contribution in [0.4, 0.5) is 5.82 Å². The minimum atomic E-state index is -5.65. The van der Waals surface area contributed by atoms with Gasteiger partial charge in [0, 0.05) is 19.2 Å². The van der Waals surface area contributed by atoms with E-state index in [4.69, 9.17) is 24.5 Å². The van der Waals surface area contributed by atoms with Gasteiger partial charge in [0.1, 0.15) is 30.2 Å². The molecule has 0 bridgehead atoms. The van der Waals surface area contributed by atoms with Gasteiger partial charge in [-0.1, -0.05) is 136 Å². The number of nitrogens with two attached hydrogens (primary N) is 1. The number of unbranched alkanes of at least 4 members (excludes halogenated alkanes) is 19. The number of carbonyl (C=O) groups excluding carboxylic acids is 1. The first-order chi connectivity index (χ1) is 27.3. The predicted molar refractivity (Wildman–Crippen MR) is 211 cm³/mol. The molecule has 0 saturated carbocycles. The van der Waals surface area contributed by atoms with Gasteiger partial charge in [0.15, 0.2) is 6.23 Å². The van der Waals surface area contributed by atoms with Gasteiger partial charge in [-0.25, -0.2) is 9.11 Å². The molecule has 332 valence electrons. The zero-order valence-corrected chi connectivity index (χ0v) is 41.9. The van der Waals surface area contributed by atoms with E-state index in [1.54, 1.807) is 0 Å². The standard InChI is InChI=1S/C38H71N3O14P2.2Na/c1-3-5-7-9-11-13-15-16-18-20-22-24-34(42)53-31(28-50-27-23-21-19-17-14-12-10-8-6-4-2)29-51-56(46,47)55-57(48,49)52-30-32-35(43)36(44)37(54-32)41-26-25-33(39)40-38(41)45;;/h25-26,31-32,35-37,43-44H,3-24,27-30H2,1-2H3,(H,46,47)(H,48,49)(H2,39,40,45);;/q;2*+1/p-2/t31?,32-,35-,36+,37?;;/m1../s1. The van der Waals surface area contributed by atoms with Crippen molar-refractivity contribution < 1.29 is 121 Å². The molecule has 7 atom stereocenters. The van der Waals surface area contributed by atoms with Crippen LogP contribution in [0.15, 0.2) is 17.1 Å². The molecule has 1 saturated heterocycles. The van der Waals surface area contributed by atoms with E-state index < -0.39 is 71.2 Å². The Hall–Kier alpha value is 0.250. The van der Waals surface area contributed by atoms with Crippen LogP contribution in [0.25, 0.3) is 0 Å². The van der Waals surface area contributed by atoms with Gasteiger partial charge in [-0.2, -0.15) is 4.98 Å². The first-order valence-corrected chi connectivity index (χ1v) is 24.0. The second-order valence-corrected chi connectivity index (χ2v) is 17.8. The molecule has 1 aromatic heterocycles. The van der Waals surface area contributed by atoms with Gasteiger partial charge in [-0.05, 0) is 18.9 Å². The van der Waals surface area contributed by atoms with Crippen LogP contribution < -0.4 is 80.3 Å². The zero-order valence-electron chi connectivity index (χ0n) is 36.1. The minimum Gasteiger partial charge on any atom is -0.756 e. The average molecular weight is 900 g/mol. The second-order valence-electron chi connectivity index (χ2n) is 14.8. The molecule has 0 amide bonds. The summed E-state index contributed by atoms with van der Waals surface area (Å²) in [5.41, 5.74) is 4.56. The number of phosphoric acid groups is 2. The van der Waals surface area contributed by atoms with E-state index in [0.29, 0.717) is 13.0 Å². The van der Waals surface area contributed by atoms with Crippen LogP contribution in [-0.2, 0) is 41.5 Å². The van der Waals surface area contributed by atoms with Crippen LogP contribution >= 0.6 is 15.6 Å². The Morgan fingerprint density at radius 3 is 1.81 bits per heavy atom. The Balaban J connectivity index is 0.0000168. The Morgan fingerprint density at radius 2 is 1.29 bits per heavy atom. The summed E-state index contributed by atoms with van der Waals surface area (Å²) in [6, 6.07) is 1.24. The van der Waals surface area contributed by atoms with Gasteiger partial charge >= 0.3 is 70.8 Å². The van der Waals surface area contributed by atoms with E-state index in [0.717, 1.165) is 62.1 Å². The summed E-state index contributed by atoms with van der Waals surface area (Å²) in [5, 5.41) is 20.7. The zero-order chi connectivity index (χ0) is 41.9. The summed E-state index contributed by atoms with van der Waals surface area (Å²) in [6.45, 7) is 2.81. The molecular weight excluding hydrogens is 830 g/mol. The topological polar surface area (TPSA) is 254 Å². The number of ether oxygens (including phenoxy) is 3. The Morgan fingerprint density at radius 1 is 0.797 bits per heavy atom. The quantitative estimate of drug-likeness (QED) is 0.0351. The van der Waals surface area contributed by atoms with E-state index in [1.165, 1.54) is 83.1 Å². The van der Waals surface area contributed by atoms with Gasteiger partial charge in [0.2, 0.25) is 0 Å². The Labute approximate surface area is 395 Å². The van der Waals surface area contributed by atoms with Crippen LogP contribution in [0, 0.1) is 0 Å². The van der Waals surface area contributed by atoms with Crippen LogP contribution in [0.3, 0.4) is 0 Å². The van der Waals surface area contributed by atoms with Crippen molar-refractivity contribution >= 4 is 27.4 Å². The number of aliphatic hydroxyl groups excluding tert-OH is 2. The van der Waals surface area contributed by atoms with E-state index in [-0.39, 0.29) is 78.0 Å². The van der Waals surface area contributed by atoms with Gasteiger partial charge in [-0.3, -0.25) is 18.5 Å². The minimum absolute atomic E-state index is 0. The maximum absolute atomic E-state index is 12.7. The number of hydrogen-bond donors (Lipinski definition) is 3. The molecule has 59 heavy (non-hydrogen) atoms. The number of phosphoric ester groups is 2. The van der Waals surface area contributed by atoms with Crippen molar-refractivity contribution in [2.24, 2.45) is 0 Å². The molecule has 1 aromatic rings. The number of carbonyl (C=O) groups is 1. The third kappa shape index (κ3) is 27.2. The van der Waals surface area contributed by atoms with E-state index in [2.05, 4.69) is 27.7 Å². The molecule has 21 heteroatoms. The molecular formula is C38H69N3Na2O14P2. The number of nitrogens with zero attached hydrogens (tertiary/aromatic N) is 2. The van der Waals surface area contributed by atoms with E-state index in [1.807, 2.05) is 0 Å². The molecule has 0 radical (unpaired) electrons. The van der Waals surface area contributed by atoms with Crippen molar-refractivity contribution in [1.82, 2.24) is 9.55 Å². The van der Waals surface area contributed by atoms with E-state index in [9.17, 15) is 38.7 Å². The number of aliphatic hydroxyl groups is 2. The number of nitrogen functional groups attached to an aromatic ring is 1. The maximum atomic E-state index is 12.7. The maximum Gasteiger partial charge on any atom is 1.00 e. The van der Waals surface area contributed by atoms with Crippen molar-refractivity contribution in [3.63, 3.8) is 0 Å². The first-order valence-electron chi connectivity index (χ1n) is 21.0. The molecule has 0 aliphatic carbocycles. The van der Waals surface area contributed by atoms with Crippen molar-refractivity contribution in [1.29, 1.82) is 0 Å². The van der Waals surface area contributed by atoms with E-state index >= 15 is 0 Å². The third-order valence-corrected chi connectivity index (χ3v) is 12.2. The summed E-state index contributed by atoms with van der Waals surface area (Å²) in [5.74, 6) is -0.659. The fourth-order valence-corrected chi connectivity index (χ4v) is 8.46. The third-order valence-electron chi connectivity index (χ3n) is 9.71. The smallest absolute Gasteiger partial charge is 0.756 e. The molecule has 1 fully saturated rings. The van der Waals surface area contributed by atoms with Crippen LogP contribution in [-0.4, -0.2) is 76.6 Å². The molecule has 1 aliphatic heterocycles. The molecule has 0 spiro atoms. The van der Waals surface area contributed by atoms with Crippen LogP contribution in [0.2, 0.25) is 0 Å². The fraction of sp³-hybridized carbons (Fsp3) is 0.868. The molecule has 17 nitrogen and oxygen atoms in total. The normalized spacial score (nSPS) is 20.2.